The largest absolute Gasteiger partial charge is 0.366 e. The second-order valence-corrected chi connectivity index (χ2v) is 3.39. The molecular formula is C9H16F2N2O2. The van der Waals surface area contributed by atoms with Gasteiger partial charge in [-0.1, -0.05) is 0 Å². The molecule has 1 fully saturated rings. The van der Waals surface area contributed by atoms with Crippen LogP contribution in [0, 0.1) is 0 Å². The summed E-state index contributed by atoms with van der Waals surface area (Å²) < 4.78 is 28.1. The number of carbonyl (C=O) groups is 1. The topological polar surface area (TPSA) is 41.6 Å². The van der Waals surface area contributed by atoms with Crippen molar-refractivity contribution in [2.75, 3.05) is 39.4 Å². The van der Waals surface area contributed by atoms with Crippen molar-refractivity contribution in [2.24, 2.45) is 0 Å². The van der Waals surface area contributed by atoms with Crippen molar-refractivity contribution in [1.82, 2.24) is 10.2 Å². The number of carbonyl (C=O) groups excluding carboxylic acids is 1. The Bertz CT molecular complexity index is 195. The van der Waals surface area contributed by atoms with Crippen molar-refractivity contribution < 1.29 is 18.3 Å². The van der Waals surface area contributed by atoms with E-state index in [0.29, 0.717) is 13.1 Å². The molecule has 1 saturated heterocycles. The monoisotopic (exact) mass is 222 g/mol. The van der Waals surface area contributed by atoms with Gasteiger partial charge in [0.15, 0.2) is 0 Å². The average molecular weight is 222 g/mol. The molecule has 0 atom stereocenters. The number of nitrogens with one attached hydrogen (secondary N) is 1. The van der Waals surface area contributed by atoms with Crippen molar-refractivity contribution in [3.05, 3.63) is 0 Å². The van der Waals surface area contributed by atoms with Crippen LogP contribution in [0.4, 0.5) is 8.78 Å². The minimum Gasteiger partial charge on any atom is -0.366 e. The Balaban J connectivity index is 2.19. The molecule has 1 amide bonds. The van der Waals surface area contributed by atoms with Crippen LogP contribution >= 0.6 is 0 Å². The smallest absolute Gasteiger partial charge is 0.261 e. The fraction of sp³-hybridized carbons (Fsp3) is 0.889. The molecule has 0 unspecified atom stereocenters. The highest BCUT2D eigenvalue weighted by molar-refractivity contribution is 5.77. The first-order chi connectivity index (χ1) is 7.20. The van der Waals surface area contributed by atoms with E-state index in [0.717, 1.165) is 19.5 Å². The van der Waals surface area contributed by atoms with Crippen LogP contribution in [-0.2, 0) is 9.53 Å². The molecule has 0 aromatic heterocycles. The number of halogens is 2. The van der Waals surface area contributed by atoms with Gasteiger partial charge in [-0.15, -0.1) is 0 Å². The highest BCUT2D eigenvalue weighted by Crippen LogP contribution is 1.98. The number of rotatable bonds is 4. The van der Waals surface area contributed by atoms with Gasteiger partial charge in [0.05, 0.1) is 0 Å². The zero-order valence-electron chi connectivity index (χ0n) is 8.55. The summed E-state index contributed by atoms with van der Waals surface area (Å²) >= 11 is 0. The maximum Gasteiger partial charge on any atom is 0.261 e. The van der Waals surface area contributed by atoms with E-state index in [-0.39, 0.29) is 12.5 Å². The number of alkyl halides is 2. The summed E-state index contributed by atoms with van der Waals surface area (Å²) in [6.07, 6.45) is -1.62. The molecule has 15 heavy (non-hydrogen) atoms. The van der Waals surface area contributed by atoms with Gasteiger partial charge in [0.1, 0.15) is 13.2 Å². The van der Waals surface area contributed by atoms with E-state index in [4.69, 9.17) is 0 Å². The van der Waals surface area contributed by atoms with Crippen LogP contribution in [0.5, 0.6) is 0 Å². The highest BCUT2D eigenvalue weighted by atomic mass is 19.3. The lowest BCUT2D eigenvalue weighted by atomic mass is 10.4. The summed E-state index contributed by atoms with van der Waals surface area (Å²) in [7, 11) is 0. The predicted molar refractivity (Wildman–Crippen MR) is 50.9 cm³/mol. The Labute approximate surface area is 87.6 Å². The molecule has 6 heteroatoms. The lowest BCUT2D eigenvalue weighted by Gasteiger charge is -2.19. The van der Waals surface area contributed by atoms with Gasteiger partial charge < -0.3 is 15.0 Å². The summed E-state index contributed by atoms with van der Waals surface area (Å²) in [4.78, 5) is 13.1. The third-order valence-electron chi connectivity index (χ3n) is 2.16. The quantitative estimate of drug-likeness (QED) is 0.733. The number of amides is 1. The van der Waals surface area contributed by atoms with Crippen molar-refractivity contribution in [2.45, 2.75) is 12.8 Å². The summed E-state index contributed by atoms with van der Waals surface area (Å²) in [5.41, 5.74) is 0. The van der Waals surface area contributed by atoms with Crippen molar-refractivity contribution in [3.8, 4) is 0 Å². The minimum absolute atomic E-state index is 0.209. The number of hydrogen-bond acceptors (Lipinski definition) is 3. The van der Waals surface area contributed by atoms with Gasteiger partial charge in [0.2, 0.25) is 5.91 Å². The number of hydrogen-bond donors (Lipinski definition) is 1. The van der Waals surface area contributed by atoms with Crippen LogP contribution in [-0.4, -0.2) is 56.6 Å². The average Bonchev–Trinajstić information content (AvgIpc) is 2.44. The summed E-state index contributed by atoms with van der Waals surface area (Å²) in [6.45, 7) is 2.02. The first kappa shape index (κ1) is 12.3. The predicted octanol–water partition coefficient (Wildman–Crippen LogP) is 0.0900. The van der Waals surface area contributed by atoms with Crippen molar-refractivity contribution in [1.29, 1.82) is 0 Å². The Hall–Kier alpha value is -0.750. The third kappa shape index (κ3) is 5.03. The van der Waals surface area contributed by atoms with Crippen LogP contribution in [0.1, 0.15) is 6.42 Å². The SMILES string of the molecule is O=C(COCC(F)F)N1CCCNCC1. The summed E-state index contributed by atoms with van der Waals surface area (Å²) in [5.74, 6) is -0.209. The molecule has 0 aromatic carbocycles. The van der Waals surface area contributed by atoms with Gasteiger partial charge in [-0.2, -0.15) is 0 Å². The molecule has 0 saturated carbocycles. The Morgan fingerprint density at radius 2 is 2.20 bits per heavy atom. The van der Waals surface area contributed by atoms with Crippen molar-refractivity contribution >= 4 is 5.91 Å². The van der Waals surface area contributed by atoms with Gasteiger partial charge in [-0.05, 0) is 13.0 Å². The van der Waals surface area contributed by atoms with E-state index in [1.807, 2.05) is 0 Å². The summed E-state index contributed by atoms with van der Waals surface area (Å²) in [6, 6.07) is 0. The van der Waals surface area contributed by atoms with E-state index in [1.165, 1.54) is 0 Å². The van der Waals surface area contributed by atoms with E-state index in [9.17, 15) is 13.6 Å². The molecular weight excluding hydrogens is 206 g/mol. The molecule has 0 aliphatic carbocycles. The minimum atomic E-state index is -2.51. The molecule has 1 aliphatic heterocycles. The van der Waals surface area contributed by atoms with Crippen LogP contribution in [0.3, 0.4) is 0 Å². The van der Waals surface area contributed by atoms with E-state index in [2.05, 4.69) is 10.1 Å². The molecule has 0 radical (unpaired) electrons. The van der Waals surface area contributed by atoms with Gasteiger partial charge in [-0.25, -0.2) is 8.78 Å². The molecule has 1 rings (SSSR count). The second-order valence-electron chi connectivity index (χ2n) is 3.39. The first-order valence-electron chi connectivity index (χ1n) is 5.04. The zero-order valence-corrected chi connectivity index (χ0v) is 8.55. The van der Waals surface area contributed by atoms with Gasteiger partial charge in [0, 0.05) is 19.6 Å². The van der Waals surface area contributed by atoms with E-state index < -0.39 is 13.0 Å². The zero-order chi connectivity index (χ0) is 11.1. The Kier molecular flexibility index (Phi) is 5.49. The molecule has 1 heterocycles. The molecule has 0 spiro atoms. The molecule has 88 valence electrons. The number of ether oxygens (including phenoxy) is 1. The fourth-order valence-electron chi connectivity index (χ4n) is 1.42. The maximum atomic E-state index is 11.7. The highest BCUT2D eigenvalue weighted by Gasteiger charge is 2.15. The van der Waals surface area contributed by atoms with Gasteiger partial charge in [-0.3, -0.25) is 4.79 Å². The fourth-order valence-corrected chi connectivity index (χ4v) is 1.42. The lowest BCUT2D eigenvalue weighted by molar-refractivity contribution is -0.137. The Morgan fingerprint density at radius 1 is 1.40 bits per heavy atom. The van der Waals surface area contributed by atoms with Crippen LogP contribution in [0.2, 0.25) is 0 Å². The standard InChI is InChI=1S/C9H16F2N2O2/c10-8(11)6-15-7-9(14)13-4-1-2-12-3-5-13/h8,12H,1-7H2. The summed E-state index contributed by atoms with van der Waals surface area (Å²) in [5, 5.41) is 3.15. The van der Waals surface area contributed by atoms with Gasteiger partial charge in [0.25, 0.3) is 6.43 Å². The Morgan fingerprint density at radius 3 is 2.93 bits per heavy atom. The molecule has 0 bridgehead atoms. The molecule has 0 aromatic rings. The molecule has 1 aliphatic rings. The lowest BCUT2D eigenvalue weighted by Crippen LogP contribution is -2.37. The van der Waals surface area contributed by atoms with E-state index >= 15 is 0 Å². The second kappa shape index (κ2) is 6.68. The first-order valence-corrected chi connectivity index (χ1v) is 5.04. The molecule has 1 N–H and O–H groups in total. The van der Waals surface area contributed by atoms with E-state index in [1.54, 1.807) is 4.90 Å². The van der Waals surface area contributed by atoms with Crippen LogP contribution < -0.4 is 5.32 Å². The maximum absolute atomic E-state index is 11.7. The molecule has 4 nitrogen and oxygen atoms in total. The van der Waals surface area contributed by atoms with Gasteiger partial charge >= 0.3 is 0 Å². The third-order valence-corrected chi connectivity index (χ3v) is 2.16. The number of nitrogens with zero attached hydrogens (tertiary/aromatic N) is 1. The van der Waals surface area contributed by atoms with Crippen LogP contribution in [0.15, 0.2) is 0 Å². The van der Waals surface area contributed by atoms with Crippen molar-refractivity contribution in [3.63, 3.8) is 0 Å². The van der Waals surface area contributed by atoms with Crippen LogP contribution in [0.25, 0.3) is 0 Å². The normalized spacial score (nSPS) is 17.9.